The summed E-state index contributed by atoms with van der Waals surface area (Å²) in [5.74, 6) is 1.89. The first-order chi connectivity index (χ1) is 12.8. The van der Waals surface area contributed by atoms with Crippen LogP contribution < -0.4 is 10.2 Å². The molecule has 3 rings (SSSR count). The highest BCUT2D eigenvalue weighted by atomic mass is 15.4. The van der Waals surface area contributed by atoms with Crippen molar-refractivity contribution >= 4 is 11.9 Å². The summed E-state index contributed by atoms with van der Waals surface area (Å²) in [5, 5.41) is 3.49. The molecule has 26 heavy (non-hydrogen) atoms. The average molecular weight is 360 g/mol. The number of hydrogen-bond acceptors (Lipinski definition) is 5. The average Bonchev–Trinajstić information content (AvgIpc) is 2.72. The molecule has 3 heterocycles. The van der Waals surface area contributed by atoms with Gasteiger partial charge in [0.05, 0.1) is 6.54 Å². The largest absolute Gasteiger partial charge is 0.357 e. The molecular weight excluding hydrogens is 326 g/mol. The van der Waals surface area contributed by atoms with Gasteiger partial charge in [-0.3, -0.25) is 9.89 Å². The molecule has 7 heteroatoms. The molecular formula is C19H33N7. The second kappa shape index (κ2) is 9.71. The van der Waals surface area contributed by atoms with Gasteiger partial charge in [0, 0.05) is 51.2 Å². The number of piperazine rings is 1. The van der Waals surface area contributed by atoms with Crippen molar-refractivity contribution in [3.8, 4) is 0 Å². The number of guanidine groups is 1. The first kappa shape index (κ1) is 18.9. The van der Waals surface area contributed by atoms with Crippen molar-refractivity contribution in [3.05, 3.63) is 18.5 Å². The lowest BCUT2D eigenvalue weighted by Crippen LogP contribution is -2.53. The van der Waals surface area contributed by atoms with Crippen molar-refractivity contribution in [3.63, 3.8) is 0 Å². The Hall–Kier alpha value is -1.89. The highest BCUT2D eigenvalue weighted by molar-refractivity contribution is 5.80. The third-order valence-corrected chi connectivity index (χ3v) is 5.36. The standard InChI is InChI=1S/C19H33N7/c1-3-20-18(23-16-17-8-5-6-11-24(17)4-2)25-12-14-26(15-13-25)19-21-9-7-10-22-19/h7,9-10,17H,3-6,8,11-16H2,1-2H3,(H,20,23). The van der Waals surface area contributed by atoms with Crippen molar-refractivity contribution in [2.75, 3.05) is 57.3 Å². The maximum absolute atomic E-state index is 5.00. The van der Waals surface area contributed by atoms with Gasteiger partial charge in [-0.05, 0) is 38.9 Å². The fourth-order valence-electron chi connectivity index (χ4n) is 3.87. The Morgan fingerprint density at radius 3 is 2.58 bits per heavy atom. The molecule has 1 aromatic heterocycles. The van der Waals surface area contributed by atoms with Crippen LogP contribution in [0.2, 0.25) is 0 Å². The molecule has 0 saturated carbocycles. The minimum Gasteiger partial charge on any atom is -0.357 e. The predicted octanol–water partition coefficient (Wildman–Crippen LogP) is 1.44. The Kier molecular flexibility index (Phi) is 7.05. The molecule has 1 atom stereocenters. The van der Waals surface area contributed by atoms with Crippen molar-refractivity contribution in [2.45, 2.75) is 39.2 Å². The van der Waals surface area contributed by atoms with E-state index in [-0.39, 0.29) is 0 Å². The molecule has 0 aliphatic carbocycles. The Labute approximate surface area is 157 Å². The second-order valence-electron chi connectivity index (χ2n) is 7.00. The van der Waals surface area contributed by atoms with Gasteiger partial charge >= 0.3 is 0 Å². The Balaban J connectivity index is 1.57. The molecule has 1 N–H and O–H groups in total. The van der Waals surface area contributed by atoms with Gasteiger partial charge in [-0.25, -0.2) is 9.97 Å². The van der Waals surface area contributed by atoms with Crippen LogP contribution in [0.3, 0.4) is 0 Å². The van der Waals surface area contributed by atoms with Gasteiger partial charge in [-0.15, -0.1) is 0 Å². The van der Waals surface area contributed by atoms with E-state index in [1.165, 1.54) is 25.8 Å². The van der Waals surface area contributed by atoms with Gasteiger partial charge in [-0.1, -0.05) is 13.3 Å². The number of rotatable bonds is 5. The van der Waals surface area contributed by atoms with Gasteiger partial charge < -0.3 is 15.1 Å². The predicted molar refractivity (Wildman–Crippen MR) is 107 cm³/mol. The van der Waals surface area contributed by atoms with E-state index in [0.29, 0.717) is 6.04 Å². The zero-order chi connectivity index (χ0) is 18.2. The first-order valence-electron chi connectivity index (χ1n) is 10.1. The van der Waals surface area contributed by atoms with E-state index in [4.69, 9.17) is 4.99 Å². The maximum atomic E-state index is 5.00. The number of aliphatic imine (C=N–C) groups is 1. The minimum absolute atomic E-state index is 0.599. The summed E-state index contributed by atoms with van der Waals surface area (Å²) in [6.07, 6.45) is 7.56. The SMILES string of the molecule is CCNC(=NCC1CCCCN1CC)N1CCN(c2ncccn2)CC1. The first-order valence-corrected chi connectivity index (χ1v) is 10.1. The summed E-state index contributed by atoms with van der Waals surface area (Å²) >= 11 is 0. The van der Waals surface area contributed by atoms with E-state index in [0.717, 1.165) is 57.7 Å². The third-order valence-electron chi connectivity index (χ3n) is 5.36. The highest BCUT2D eigenvalue weighted by Crippen LogP contribution is 2.17. The number of likely N-dealkylation sites (tertiary alicyclic amines) is 1. The molecule has 144 valence electrons. The molecule has 2 aliphatic heterocycles. The molecule has 0 bridgehead atoms. The van der Waals surface area contributed by atoms with Gasteiger partial charge in [0.15, 0.2) is 5.96 Å². The highest BCUT2D eigenvalue weighted by Gasteiger charge is 2.23. The van der Waals surface area contributed by atoms with E-state index in [9.17, 15) is 0 Å². The van der Waals surface area contributed by atoms with Crippen LogP contribution in [-0.2, 0) is 0 Å². The summed E-state index contributed by atoms with van der Waals surface area (Å²) in [6.45, 7) is 12.3. The summed E-state index contributed by atoms with van der Waals surface area (Å²) in [4.78, 5) is 20.9. The number of anilines is 1. The molecule has 0 radical (unpaired) electrons. The lowest BCUT2D eigenvalue weighted by Gasteiger charge is -2.37. The van der Waals surface area contributed by atoms with Gasteiger partial charge in [-0.2, -0.15) is 0 Å². The van der Waals surface area contributed by atoms with Crippen LogP contribution in [0.25, 0.3) is 0 Å². The topological polar surface area (TPSA) is 59.9 Å². The van der Waals surface area contributed by atoms with Crippen LogP contribution in [0.15, 0.2) is 23.5 Å². The lowest BCUT2D eigenvalue weighted by atomic mass is 10.0. The van der Waals surface area contributed by atoms with Crippen molar-refractivity contribution in [1.29, 1.82) is 0 Å². The van der Waals surface area contributed by atoms with Crippen molar-refractivity contribution in [1.82, 2.24) is 25.1 Å². The van der Waals surface area contributed by atoms with Crippen LogP contribution >= 0.6 is 0 Å². The summed E-state index contributed by atoms with van der Waals surface area (Å²) < 4.78 is 0. The van der Waals surface area contributed by atoms with E-state index in [1.54, 1.807) is 0 Å². The molecule has 0 aromatic carbocycles. The summed E-state index contributed by atoms with van der Waals surface area (Å²) in [5.41, 5.74) is 0. The molecule has 0 amide bonds. The summed E-state index contributed by atoms with van der Waals surface area (Å²) in [7, 11) is 0. The number of nitrogens with one attached hydrogen (secondary N) is 1. The quantitative estimate of drug-likeness (QED) is 0.634. The zero-order valence-corrected chi connectivity index (χ0v) is 16.3. The lowest BCUT2D eigenvalue weighted by molar-refractivity contribution is 0.161. The third kappa shape index (κ3) is 4.84. The van der Waals surface area contributed by atoms with Gasteiger partial charge in [0.1, 0.15) is 0 Å². The summed E-state index contributed by atoms with van der Waals surface area (Å²) in [6, 6.07) is 2.46. The smallest absolute Gasteiger partial charge is 0.225 e. The molecule has 7 nitrogen and oxygen atoms in total. The van der Waals surface area contributed by atoms with E-state index < -0.39 is 0 Å². The van der Waals surface area contributed by atoms with Crippen LogP contribution in [0.4, 0.5) is 5.95 Å². The Bertz CT molecular complexity index is 554. The normalized spacial score (nSPS) is 22.5. The van der Waals surface area contributed by atoms with Gasteiger partial charge in [0.25, 0.3) is 0 Å². The van der Waals surface area contributed by atoms with E-state index >= 15 is 0 Å². The van der Waals surface area contributed by atoms with Crippen LogP contribution in [0.5, 0.6) is 0 Å². The van der Waals surface area contributed by atoms with Crippen molar-refractivity contribution < 1.29 is 0 Å². The number of aromatic nitrogens is 2. The van der Waals surface area contributed by atoms with Crippen LogP contribution in [0.1, 0.15) is 33.1 Å². The monoisotopic (exact) mass is 359 g/mol. The Morgan fingerprint density at radius 1 is 1.12 bits per heavy atom. The molecule has 2 fully saturated rings. The van der Waals surface area contributed by atoms with Crippen molar-refractivity contribution in [2.24, 2.45) is 4.99 Å². The number of piperidine rings is 1. The van der Waals surface area contributed by atoms with Crippen LogP contribution in [-0.4, -0.2) is 84.1 Å². The Morgan fingerprint density at radius 2 is 1.88 bits per heavy atom. The van der Waals surface area contributed by atoms with E-state index in [2.05, 4.69) is 43.8 Å². The number of likely N-dealkylation sites (N-methyl/N-ethyl adjacent to an activating group) is 1. The van der Waals surface area contributed by atoms with Crippen LogP contribution in [0, 0.1) is 0 Å². The fraction of sp³-hybridized carbons (Fsp3) is 0.737. The molecule has 1 aromatic rings. The molecule has 1 unspecified atom stereocenters. The minimum atomic E-state index is 0.599. The maximum Gasteiger partial charge on any atom is 0.225 e. The zero-order valence-electron chi connectivity index (χ0n) is 16.3. The second-order valence-corrected chi connectivity index (χ2v) is 7.00. The van der Waals surface area contributed by atoms with Gasteiger partial charge in [0.2, 0.25) is 5.95 Å². The fourth-order valence-corrected chi connectivity index (χ4v) is 3.87. The molecule has 2 aliphatic rings. The number of hydrogen-bond donors (Lipinski definition) is 1. The number of nitrogens with zero attached hydrogens (tertiary/aromatic N) is 6. The molecule has 0 spiro atoms. The molecule has 2 saturated heterocycles. The van der Waals surface area contributed by atoms with E-state index in [1.807, 2.05) is 18.5 Å².